The van der Waals surface area contributed by atoms with E-state index in [9.17, 15) is 9.90 Å². The number of hydrogen-bond acceptors (Lipinski definition) is 4. The van der Waals surface area contributed by atoms with E-state index in [1.165, 1.54) is 7.11 Å². The number of rotatable bonds is 5. The lowest BCUT2D eigenvalue weighted by molar-refractivity contribution is -0.138. The molecule has 0 aromatic heterocycles. The van der Waals surface area contributed by atoms with E-state index in [4.69, 9.17) is 9.47 Å². The molecule has 0 heterocycles. The smallest absolute Gasteiger partial charge is 0.336 e. The minimum Gasteiger partial charge on any atom is -0.466 e. The van der Waals surface area contributed by atoms with Crippen molar-refractivity contribution >= 4 is 5.97 Å². The monoisotopic (exact) mass is 388 g/mol. The van der Waals surface area contributed by atoms with Crippen molar-refractivity contribution in [2.24, 2.45) is 22.7 Å². The average Bonchev–Trinajstić information content (AvgIpc) is 2.83. The normalized spacial score (nSPS) is 37.8. The lowest BCUT2D eigenvalue weighted by atomic mass is 9.65. The van der Waals surface area contributed by atoms with Gasteiger partial charge in [0.1, 0.15) is 0 Å². The van der Waals surface area contributed by atoms with Crippen LogP contribution in [0.3, 0.4) is 0 Å². The van der Waals surface area contributed by atoms with Gasteiger partial charge in [0.2, 0.25) is 0 Å². The van der Waals surface area contributed by atoms with E-state index >= 15 is 0 Å². The van der Waals surface area contributed by atoms with Crippen molar-refractivity contribution in [1.82, 2.24) is 0 Å². The molecule has 0 unspecified atom stereocenters. The van der Waals surface area contributed by atoms with Gasteiger partial charge in [-0.3, -0.25) is 0 Å². The summed E-state index contributed by atoms with van der Waals surface area (Å²) in [6, 6.07) is 0. The zero-order chi connectivity index (χ0) is 20.7. The van der Waals surface area contributed by atoms with Crippen molar-refractivity contribution in [2.45, 2.75) is 72.0 Å². The topological polar surface area (TPSA) is 55.8 Å². The molecule has 5 atom stereocenters. The number of ether oxygens (including phenoxy) is 2. The predicted molar refractivity (Wildman–Crippen MR) is 111 cm³/mol. The molecule has 0 spiro atoms. The van der Waals surface area contributed by atoms with Crippen LogP contribution in [0.1, 0.15) is 59.8 Å². The third-order valence-corrected chi connectivity index (χ3v) is 7.66. The number of carbonyl (C=O) groups is 1. The molecular formula is C24H36O4. The molecule has 0 aromatic carbocycles. The van der Waals surface area contributed by atoms with Crippen LogP contribution in [0.15, 0.2) is 35.5 Å². The lowest BCUT2D eigenvalue weighted by Crippen LogP contribution is -2.35. The second kappa shape index (κ2) is 7.79. The number of carbonyl (C=O) groups excluding carboxylic acids is 1. The van der Waals surface area contributed by atoms with Gasteiger partial charge in [-0.2, -0.15) is 0 Å². The highest BCUT2D eigenvalue weighted by Crippen LogP contribution is 2.59. The Balaban J connectivity index is 2.17. The number of allylic oxidation sites excluding steroid dienone is 2. The van der Waals surface area contributed by atoms with Crippen LogP contribution in [-0.4, -0.2) is 37.0 Å². The number of aliphatic hydroxyl groups is 1. The zero-order valence-electron chi connectivity index (χ0n) is 18.1. The molecule has 1 saturated carbocycles. The van der Waals surface area contributed by atoms with Crippen molar-refractivity contribution in [3.8, 4) is 0 Å². The van der Waals surface area contributed by atoms with Crippen LogP contribution in [0.2, 0.25) is 0 Å². The summed E-state index contributed by atoms with van der Waals surface area (Å²) in [5.41, 5.74) is 2.62. The highest BCUT2D eigenvalue weighted by Gasteiger charge is 2.52. The molecule has 28 heavy (non-hydrogen) atoms. The fourth-order valence-corrected chi connectivity index (χ4v) is 5.95. The van der Waals surface area contributed by atoms with E-state index in [1.54, 1.807) is 6.08 Å². The van der Waals surface area contributed by atoms with Gasteiger partial charge in [0, 0.05) is 0 Å². The molecule has 3 aliphatic carbocycles. The standard InChI is InChI=1S/C24H36O4/c1-7-12-28-20-8-9-23(4)10-11-24(5)16(15(2)3)14-19(25)17(24)13-18(23)21(20)22(26)27-6/h7,13,15-16,19-20,25H,1,8-12,14H2,2-6H3/t16-,19+,20+,23+,24-/m1/s1. The molecule has 0 aliphatic heterocycles. The zero-order valence-corrected chi connectivity index (χ0v) is 18.1. The molecule has 0 radical (unpaired) electrons. The van der Waals surface area contributed by atoms with Crippen LogP contribution in [0, 0.1) is 22.7 Å². The van der Waals surface area contributed by atoms with Crippen molar-refractivity contribution < 1.29 is 19.4 Å². The van der Waals surface area contributed by atoms with Gasteiger partial charge in [0.15, 0.2) is 0 Å². The van der Waals surface area contributed by atoms with Crippen molar-refractivity contribution in [3.05, 3.63) is 35.5 Å². The van der Waals surface area contributed by atoms with Gasteiger partial charge in [-0.05, 0) is 65.9 Å². The summed E-state index contributed by atoms with van der Waals surface area (Å²) in [5, 5.41) is 10.9. The minimum absolute atomic E-state index is 0.0281. The summed E-state index contributed by atoms with van der Waals surface area (Å²) in [6.07, 6.45) is 7.73. The van der Waals surface area contributed by atoms with E-state index in [-0.39, 0.29) is 22.9 Å². The Kier molecular flexibility index (Phi) is 5.94. The molecule has 0 aromatic rings. The molecule has 4 nitrogen and oxygen atoms in total. The first kappa shape index (κ1) is 21.3. The molecule has 3 rings (SSSR count). The maximum Gasteiger partial charge on any atom is 0.336 e. The minimum atomic E-state index is -0.444. The number of fused-ring (bicyclic) bond motifs is 2. The van der Waals surface area contributed by atoms with Gasteiger partial charge < -0.3 is 14.6 Å². The van der Waals surface area contributed by atoms with Gasteiger partial charge >= 0.3 is 5.97 Å². The molecule has 156 valence electrons. The molecule has 4 heteroatoms. The van der Waals surface area contributed by atoms with E-state index < -0.39 is 6.10 Å². The van der Waals surface area contributed by atoms with Crippen LogP contribution in [0.5, 0.6) is 0 Å². The van der Waals surface area contributed by atoms with Crippen LogP contribution < -0.4 is 0 Å². The maximum atomic E-state index is 12.8. The van der Waals surface area contributed by atoms with E-state index in [2.05, 4.69) is 40.3 Å². The second-order valence-electron chi connectivity index (χ2n) is 9.65. The Morgan fingerprint density at radius 1 is 1.36 bits per heavy atom. The molecule has 1 N–H and O–H groups in total. The van der Waals surface area contributed by atoms with Gasteiger partial charge in [-0.25, -0.2) is 4.79 Å². The average molecular weight is 389 g/mol. The Bertz CT molecular complexity index is 703. The molecule has 3 aliphatic rings. The third kappa shape index (κ3) is 3.39. The first-order valence-electron chi connectivity index (χ1n) is 10.6. The Morgan fingerprint density at radius 3 is 2.68 bits per heavy atom. The van der Waals surface area contributed by atoms with Crippen molar-refractivity contribution in [2.75, 3.05) is 13.7 Å². The van der Waals surface area contributed by atoms with Crippen molar-refractivity contribution in [1.29, 1.82) is 0 Å². The first-order chi connectivity index (χ1) is 13.2. The largest absolute Gasteiger partial charge is 0.466 e. The summed E-state index contributed by atoms with van der Waals surface area (Å²) in [7, 11) is 1.43. The fourth-order valence-electron chi connectivity index (χ4n) is 5.95. The van der Waals surface area contributed by atoms with Crippen LogP contribution >= 0.6 is 0 Å². The third-order valence-electron chi connectivity index (χ3n) is 7.66. The highest BCUT2D eigenvalue weighted by atomic mass is 16.5. The summed E-state index contributed by atoms with van der Waals surface area (Å²) in [5.74, 6) is 0.645. The van der Waals surface area contributed by atoms with Crippen molar-refractivity contribution in [3.63, 3.8) is 0 Å². The first-order valence-corrected chi connectivity index (χ1v) is 10.6. The summed E-state index contributed by atoms with van der Waals surface area (Å²) < 4.78 is 11.1. The molecule has 0 saturated heterocycles. The Labute approximate surface area is 169 Å². The Hall–Kier alpha value is -1.39. The predicted octanol–water partition coefficient (Wildman–Crippen LogP) is 4.59. The van der Waals surface area contributed by atoms with Crippen LogP contribution in [-0.2, 0) is 14.3 Å². The molecule has 1 fully saturated rings. The summed E-state index contributed by atoms with van der Waals surface area (Å²) >= 11 is 0. The van der Waals surface area contributed by atoms with Gasteiger partial charge in [-0.1, -0.05) is 39.8 Å². The van der Waals surface area contributed by atoms with Crippen LogP contribution in [0.4, 0.5) is 0 Å². The second-order valence-corrected chi connectivity index (χ2v) is 9.65. The molecule has 0 amide bonds. The summed E-state index contributed by atoms with van der Waals surface area (Å²) in [4.78, 5) is 12.8. The number of aliphatic hydroxyl groups excluding tert-OH is 1. The lowest BCUT2D eigenvalue weighted by Gasteiger charge is -2.40. The Morgan fingerprint density at radius 2 is 2.07 bits per heavy atom. The summed E-state index contributed by atoms with van der Waals surface area (Å²) in [6.45, 7) is 13.2. The molecular weight excluding hydrogens is 352 g/mol. The van der Waals surface area contributed by atoms with Gasteiger partial charge in [0.05, 0.1) is 31.5 Å². The van der Waals surface area contributed by atoms with Gasteiger partial charge in [-0.15, -0.1) is 6.58 Å². The van der Waals surface area contributed by atoms with E-state index in [0.29, 0.717) is 24.0 Å². The maximum absolute atomic E-state index is 12.8. The quantitative estimate of drug-likeness (QED) is 0.553. The highest BCUT2D eigenvalue weighted by molar-refractivity contribution is 5.91. The number of esters is 1. The van der Waals surface area contributed by atoms with Crippen LogP contribution in [0.25, 0.3) is 0 Å². The molecule has 0 bridgehead atoms. The number of methoxy groups -OCH3 is 1. The van der Waals surface area contributed by atoms with E-state index in [0.717, 1.165) is 43.3 Å². The van der Waals surface area contributed by atoms with Gasteiger partial charge in [0.25, 0.3) is 0 Å². The fraction of sp³-hybridized carbons (Fsp3) is 0.708. The van der Waals surface area contributed by atoms with E-state index in [1.807, 2.05) is 0 Å². The number of hydrogen-bond donors (Lipinski definition) is 1. The SMILES string of the molecule is C=CCO[C@H]1CC[C@@]2(C)CC[C@@]3(C)C(=CC2=C1C(=O)OC)[C@@H](O)C[C@@H]3C(C)C.